The molecule has 2 aliphatic heterocycles. The highest BCUT2D eigenvalue weighted by atomic mass is 16.6. The van der Waals surface area contributed by atoms with Crippen molar-refractivity contribution in [1.29, 1.82) is 0 Å². The quantitative estimate of drug-likeness (QED) is 0.439. The van der Waals surface area contributed by atoms with Crippen molar-refractivity contribution in [3.63, 3.8) is 0 Å². The lowest BCUT2D eigenvalue weighted by Crippen LogP contribution is -2.54. The lowest BCUT2D eigenvalue weighted by molar-refractivity contribution is -0.0653. The number of carbonyl (C=O) groups excluding carboxylic acids is 2. The van der Waals surface area contributed by atoms with Crippen LogP contribution >= 0.6 is 0 Å². The Bertz CT molecular complexity index is 1220. The van der Waals surface area contributed by atoms with Gasteiger partial charge >= 0.3 is 12.2 Å². The van der Waals surface area contributed by atoms with Gasteiger partial charge in [-0.3, -0.25) is 0 Å². The van der Waals surface area contributed by atoms with Crippen LogP contribution in [0.25, 0.3) is 11.1 Å². The van der Waals surface area contributed by atoms with Crippen LogP contribution in [0.1, 0.15) is 59.9 Å². The third-order valence-electron chi connectivity index (χ3n) is 6.64. The van der Waals surface area contributed by atoms with Crippen LogP contribution < -0.4 is 4.74 Å². The van der Waals surface area contributed by atoms with Crippen molar-refractivity contribution in [2.45, 2.75) is 83.8 Å². The highest BCUT2D eigenvalue weighted by Crippen LogP contribution is 2.53. The number of fused-ring (bicyclic) bond motifs is 5. The predicted octanol–water partition coefficient (Wildman–Crippen LogP) is 6.30. The number of nitrogens with zero attached hydrogens (tertiary/aromatic N) is 2. The zero-order valence-corrected chi connectivity index (χ0v) is 21.9. The molecule has 36 heavy (non-hydrogen) atoms. The van der Waals surface area contributed by atoms with E-state index in [1.165, 1.54) is 10.0 Å². The summed E-state index contributed by atoms with van der Waals surface area (Å²) < 4.78 is 17.8. The molecule has 5 rings (SSSR count). The summed E-state index contributed by atoms with van der Waals surface area (Å²) in [6.07, 6.45) is 0.676. The molecule has 2 amide bonds. The Morgan fingerprint density at radius 3 is 2.06 bits per heavy atom. The molecule has 1 fully saturated rings. The maximum absolute atomic E-state index is 13.6. The average molecular weight is 491 g/mol. The lowest BCUT2D eigenvalue weighted by atomic mass is 9.88. The van der Waals surface area contributed by atoms with Gasteiger partial charge in [0.25, 0.3) is 0 Å². The molecule has 4 atom stereocenters. The van der Waals surface area contributed by atoms with Gasteiger partial charge in [0.2, 0.25) is 0 Å². The van der Waals surface area contributed by atoms with Crippen molar-refractivity contribution in [2.24, 2.45) is 0 Å². The number of hydrogen-bond acceptors (Lipinski definition) is 5. The van der Waals surface area contributed by atoms with Gasteiger partial charge in [0.05, 0.1) is 18.0 Å². The zero-order chi connectivity index (χ0) is 26.0. The van der Waals surface area contributed by atoms with Gasteiger partial charge in [-0.2, -0.15) is 0 Å². The zero-order valence-electron chi connectivity index (χ0n) is 21.9. The highest BCUT2D eigenvalue weighted by molar-refractivity contribution is 5.79. The molecule has 2 aromatic rings. The smallest absolute Gasteiger partial charge is 0.430 e. The van der Waals surface area contributed by atoms with E-state index in [-0.39, 0.29) is 18.1 Å². The number of ether oxygens (including phenoxy) is 3. The molecule has 1 aliphatic carbocycles. The fourth-order valence-corrected chi connectivity index (χ4v) is 5.31. The van der Waals surface area contributed by atoms with E-state index < -0.39 is 29.4 Å². The maximum Gasteiger partial charge on any atom is 0.430 e. The first-order chi connectivity index (χ1) is 16.8. The molecule has 0 N–H and O–H groups in total. The minimum atomic E-state index is -0.727. The fraction of sp³-hybridized carbons (Fsp3) is 0.448. The van der Waals surface area contributed by atoms with Crippen LogP contribution in [0, 0.1) is 0 Å². The average Bonchev–Trinajstić information content (AvgIpc) is 3.39. The van der Waals surface area contributed by atoms with Gasteiger partial charge < -0.3 is 14.2 Å². The molecule has 0 bridgehead atoms. The van der Waals surface area contributed by atoms with Crippen LogP contribution in [0.5, 0.6) is 5.75 Å². The third kappa shape index (κ3) is 4.21. The van der Waals surface area contributed by atoms with E-state index in [1.54, 1.807) is 0 Å². The summed E-state index contributed by atoms with van der Waals surface area (Å²) in [6.45, 7) is 12.8. The Kier molecular flexibility index (Phi) is 5.58. The van der Waals surface area contributed by atoms with Crippen LogP contribution in [0.15, 0.2) is 60.2 Å². The molecule has 0 spiro atoms. The molecular formula is C29H34N2O5. The van der Waals surface area contributed by atoms with E-state index in [0.717, 1.165) is 28.0 Å². The second-order valence-corrected chi connectivity index (χ2v) is 11.7. The molecule has 0 saturated carbocycles. The van der Waals surface area contributed by atoms with E-state index in [4.69, 9.17) is 14.2 Å². The summed E-state index contributed by atoms with van der Waals surface area (Å²) in [5, 5.41) is 2.86. The van der Waals surface area contributed by atoms with E-state index in [1.807, 2.05) is 72.7 Å². The van der Waals surface area contributed by atoms with Gasteiger partial charge in [0.1, 0.15) is 23.1 Å². The molecule has 1 saturated heterocycles. The van der Waals surface area contributed by atoms with E-state index in [9.17, 15) is 9.59 Å². The van der Waals surface area contributed by atoms with Gasteiger partial charge in [0.15, 0.2) is 0 Å². The highest BCUT2D eigenvalue weighted by Gasteiger charge is 2.59. The standard InChI is InChI=1S/C29H34N2O5/c1-17-20-16-23-24(21-15-19(13-14-22(21)34-23)18-11-9-8-10-12-18)25(20)31(27(33)36-29(5,6)7)30(17)26(32)35-28(2,3)4/h8-17,23-25H,1-7H3/t17-,23+,24+,25+/m0/s1. The molecule has 0 radical (unpaired) electrons. The van der Waals surface area contributed by atoms with Gasteiger partial charge in [-0.15, -0.1) is 0 Å². The van der Waals surface area contributed by atoms with Crippen molar-refractivity contribution in [3.8, 4) is 16.9 Å². The molecule has 2 aromatic carbocycles. The first-order valence-corrected chi connectivity index (χ1v) is 12.5. The number of benzene rings is 2. The SMILES string of the molecule is C[C@H]1C2=C[C@H]3Oc4ccc(-c5ccccc5)cc4[C@H]3[C@@H]2N(C(=O)OC(C)(C)C)N1C(=O)OC(C)(C)C. The van der Waals surface area contributed by atoms with Crippen LogP contribution in [-0.4, -0.2) is 51.6 Å². The number of carbonyl (C=O) groups is 2. The first-order valence-electron chi connectivity index (χ1n) is 12.5. The summed E-state index contributed by atoms with van der Waals surface area (Å²) >= 11 is 0. The van der Waals surface area contributed by atoms with Gasteiger partial charge in [-0.05, 0) is 83.4 Å². The number of hydrogen-bond donors (Lipinski definition) is 0. The first kappa shape index (κ1) is 24.2. The lowest BCUT2D eigenvalue weighted by Gasteiger charge is -2.36. The van der Waals surface area contributed by atoms with Crippen molar-refractivity contribution >= 4 is 12.2 Å². The fourth-order valence-electron chi connectivity index (χ4n) is 5.31. The van der Waals surface area contributed by atoms with Crippen molar-refractivity contribution in [1.82, 2.24) is 10.0 Å². The largest absolute Gasteiger partial charge is 0.485 e. The predicted molar refractivity (Wildman–Crippen MR) is 137 cm³/mol. The van der Waals surface area contributed by atoms with E-state index >= 15 is 0 Å². The van der Waals surface area contributed by atoms with Gasteiger partial charge in [0, 0.05) is 5.56 Å². The van der Waals surface area contributed by atoms with Crippen molar-refractivity contribution in [3.05, 3.63) is 65.7 Å². The minimum Gasteiger partial charge on any atom is -0.485 e. The number of rotatable bonds is 1. The Morgan fingerprint density at radius 1 is 0.833 bits per heavy atom. The summed E-state index contributed by atoms with van der Waals surface area (Å²) in [4.78, 5) is 27.0. The molecule has 7 nitrogen and oxygen atoms in total. The monoisotopic (exact) mass is 490 g/mol. The molecule has 7 heteroatoms. The Balaban J connectivity index is 1.56. The molecule has 190 valence electrons. The second-order valence-electron chi connectivity index (χ2n) is 11.7. The molecule has 0 aromatic heterocycles. The Labute approximate surface area is 212 Å². The number of hydrazine groups is 1. The summed E-state index contributed by atoms with van der Waals surface area (Å²) in [6, 6.07) is 15.5. The van der Waals surface area contributed by atoms with Gasteiger partial charge in [-0.25, -0.2) is 19.6 Å². The van der Waals surface area contributed by atoms with Crippen molar-refractivity contribution < 1.29 is 23.8 Å². The van der Waals surface area contributed by atoms with Gasteiger partial charge in [-0.1, -0.05) is 36.4 Å². The van der Waals surface area contributed by atoms with E-state index in [0.29, 0.717) is 0 Å². The van der Waals surface area contributed by atoms with Crippen LogP contribution in [-0.2, 0) is 9.47 Å². The molecular weight excluding hydrogens is 456 g/mol. The molecule has 3 aliphatic rings. The Morgan fingerprint density at radius 2 is 1.44 bits per heavy atom. The third-order valence-corrected chi connectivity index (χ3v) is 6.64. The van der Waals surface area contributed by atoms with Crippen LogP contribution in [0.2, 0.25) is 0 Å². The normalized spacial score (nSPS) is 24.5. The molecule has 2 heterocycles. The number of amides is 2. The topological polar surface area (TPSA) is 68.3 Å². The summed E-state index contributed by atoms with van der Waals surface area (Å²) in [7, 11) is 0. The molecule has 0 unspecified atom stereocenters. The summed E-state index contributed by atoms with van der Waals surface area (Å²) in [5.41, 5.74) is 2.72. The van der Waals surface area contributed by atoms with Crippen molar-refractivity contribution in [2.75, 3.05) is 0 Å². The summed E-state index contributed by atoms with van der Waals surface area (Å²) in [5.74, 6) is 0.633. The second kappa shape index (κ2) is 8.29. The van der Waals surface area contributed by atoms with E-state index in [2.05, 4.69) is 30.3 Å². The van der Waals surface area contributed by atoms with Crippen LogP contribution in [0.3, 0.4) is 0 Å². The van der Waals surface area contributed by atoms with Crippen LogP contribution in [0.4, 0.5) is 9.59 Å². The maximum atomic E-state index is 13.6. The Hall–Kier alpha value is -3.48. The minimum absolute atomic E-state index is 0.166.